The normalized spacial score (nSPS) is 13.2. The second-order valence-electron chi connectivity index (χ2n) is 17.2. The summed E-state index contributed by atoms with van der Waals surface area (Å²) < 4.78 is 0. The second-order valence-corrected chi connectivity index (χ2v) is 17.2. The monoisotopic (exact) mass is 779 g/mol. The van der Waals surface area contributed by atoms with Crippen LogP contribution in [0.3, 0.4) is 0 Å². The summed E-state index contributed by atoms with van der Waals surface area (Å²) in [5, 5.41) is 0. The van der Waals surface area contributed by atoms with Gasteiger partial charge in [-0.1, -0.05) is 146 Å². The third-order valence-corrected chi connectivity index (χ3v) is 13.6. The van der Waals surface area contributed by atoms with Gasteiger partial charge in [0.15, 0.2) is 0 Å². The summed E-state index contributed by atoms with van der Waals surface area (Å²) in [5.74, 6) is 0. The highest BCUT2D eigenvalue weighted by atomic mass is 15.1. The van der Waals surface area contributed by atoms with Crippen molar-refractivity contribution >= 4 is 17.1 Å². The van der Waals surface area contributed by atoms with Gasteiger partial charge in [0.25, 0.3) is 0 Å². The van der Waals surface area contributed by atoms with Crippen LogP contribution in [0.2, 0.25) is 0 Å². The molecular formula is C60H45N. The molecule has 0 spiro atoms. The van der Waals surface area contributed by atoms with Crippen molar-refractivity contribution in [2.24, 2.45) is 0 Å². The quantitative estimate of drug-likeness (QED) is 0.141. The predicted molar refractivity (Wildman–Crippen MR) is 256 cm³/mol. The van der Waals surface area contributed by atoms with Crippen molar-refractivity contribution in [3.8, 4) is 66.8 Å². The first-order valence-electron chi connectivity index (χ1n) is 21.9. The van der Waals surface area contributed by atoms with Crippen molar-refractivity contribution in [3.63, 3.8) is 0 Å². The fourth-order valence-corrected chi connectivity index (χ4v) is 9.62. The average molecular weight is 780 g/mol. The Morgan fingerprint density at radius 1 is 0.197 bits per heavy atom. The first-order valence-corrected chi connectivity index (χ1v) is 21.9. The van der Waals surface area contributed by atoms with Crippen molar-refractivity contribution in [1.82, 2.24) is 0 Å². The van der Waals surface area contributed by atoms with Gasteiger partial charge in [0.2, 0.25) is 0 Å². The number of fused-ring (bicyclic) bond motifs is 3. The highest BCUT2D eigenvalue weighted by Crippen LogP contribution is 2.40. The van der Waals surface area contributed by atoms with Crippen LogP contribution in [0.4, 0.5) is 17.1 Å². The Kier molecular flexibility index (Phi) is 8.66. The molecule has 0 N–H and O–H groups in total. The maximum Gasteiger partial charge on any atom is 0.0462 e. The minimum absolute atomic E-state index is 1.12. The molecule has 0 aliphatic heterocycles. The predicted octanol–water partition coefficient (Wildman–Crippen LogP) is 15.5. The molecule has 12 rings (SSSR count). The van der Waals surface area contributed by atoms with E-state index in [0.29, 0.717) is 0 Å². The van der Waals surface area contributed by atoms with Crippen LogP contribution < -0.4 is 4.90 Å². The van der Waals surface area contributed by atoms with Gasteiger partial charge in [-0.2, -0.15) is 0 Å². The van der Waals surface area contributed by atoms with E-state index in [1.807, 2.05) is 0 Å². The van der Waals surface area contributed by atoms with E-state index in [1.54, 1.807) is 0 Å². The molecule has 61 heavy (non-hydrogen) atoms. The number of hydrogen-bond donors (Lipinski definition) is 0. The fraction of sp³-hybridized carbons (Fsp3) is 0.100. The summed E-state index contributed by atoms with van der Waals surface area (Å²) in [6, 6.07) is 75.1. The van der Waals surface area contributed by atoms with Gasteiger partial charge in [0, 0.05) is 17.1 Å². The van der Waals surface area contributed by atoms with E-state index < -0.39 is 0 Å². The SMILES string of the molecule is c1cc(-c2ccc(N(c3ccc(-c4cccc(-c5ccc6c(c5)CC6)c4)cc3)c3ccc(-c4cccc(-c5ccc6c(c5)CC6)c4)cc3)cc2)cc(-c2ccc3c(c2)CC3)c1. The zero-order valence-electron chi connectivity index (χ0n) is 34.2. The van der Waals surface area contributed by atoms with Crippen LogP contribution in [-0.2, 0) is 38.5 Å². The first kappa shape index (κ1) is 35.7. The summed E-state index contributed by atoms with van der Waals surface area (Å²) in [6.07, 6.45) is 7.20. The molecule has 0 saturated heterocycles. The van der Waals surface area contributed by atoms with Gasteiger partial charge in [-0.05, 0) is 193 Å². The number of benzene rings is 9. The van der Waals surface area contributed by atoms with Crippen LogP contribution in [0.15, 0.2) is 200 Å². The van der Waals surface area contributed by atoms with E-state index in [2.05, 4.69) is 205 Å². The van der Waals surface area contributed by atoms with E-state index in [9.17, 15) is 0 Å². The molecular weight excluding hydrogens is 735 g/mol. The van der Waals surface area contributed by atoms with Crippen molar-refractivity contribution in [2.75, 3.05) is 4.90 Å². The van der Waals surface area contributed by atoms with Gasteiger partial charge in [-0.3, -0.25) is 0 Å². The number of aryl methyl sites for hydroxylation is 6. The molecule has 0 bridgehead atoms. The summed E-state index contributed by atoms with van der Waals surface area (Å²) in [5.41, 5.74) is 27.3. The van der Waals surface area contributed by atoms with E-state index >= 15 is 0 Å². The molecule has 3 aliphatic carbocycles. The van der Waals surface area contributed by atoms with Crippen LogP contribution in [0.5, 0.6) is 0 Å². The van der Waals surface area contributed by atoms with Gasteiger partial charge in [0.1, 0.15) is 0 Å². The minimum Gasteiger partial charge on any atom is -0.311 e. The molecule has 0 unspecified atom stereocenters. The maximum absolute atomic E-state index is 2.38. The summed E-state index contributed by atoms with van der Waals surface area (Å²) >= 11 is 0. The average Bonchev–Trinajstić information content (AvgIpc) is 3.29. The molecule has 290 valence electrons. The first-order chi connectivity index (χ1) is 30.1. The molecule has 3 aliphatic rings. The number of nitrogens with zero attached hydrogens (tertiary/aromatic N) is 1. The lowest BCUT2D eigenvalue weighted by molar-refractivity contribution is 0.840. The van der Waals surface area contributed by atoms with Crippen molar-refractivity contribution in [2.45, 2.75) is 38.5 Å². The van der Waals surface area contributed by atoms with Crippen LogP contribution >= 0.6 is 0 Å². The van der Waals surface area contributed by atoms with Gasteiger partial charge in [0.05, 0.1) is 0 Å². The molecule has 0 radical (unpaired) electrons. The number of anilines is 3. The Morgan fingerprint density at radius 3 is 0.672 bits per heavy atom. The summed E-state index contributed by atoms with van der Waals surface area (Å²) in [4.78, 5) is 2.38. The molecule has 1 nitrogen and oxygen atoms in total. The Morgan fingerprint density at radius 2 is 0.426 bits per heavy atom. The van der Waals surface area contributed by atoms with E-state index in [0.717, 1.165) is 17.1 Å². The molecule has 0 amide bonds. The molecule has 1 heteroatoms. The lowest BCUT2D eigenvalue weighted by atomic mass is 9.86. The molecule has 0 fully saturated rings. The number of rotatable bonds is 9. The molecule has 0 saturated carbocycles. The minimum atomic E-state index is 1.12. The summed E-state index contributed by atoms with van der Waals surface area (Å²) in [6.45, 7) is 0. The standard InChI is InChI=1S/C60H45N/c1-4-46(34-49(7-1)55-19-13-40-10-16-52(40)37-55)43-22-28-58(29-23-43)61(59-30-24-44(25-31-59)47-5-2-8-50(35-47)56-20-14-41-11-17-53(41)38-56)60-32-26-45(27-33-60)48-6-3-9-51(36-48)57-21-15-42-12-18-54(42)39-57/h1-9,13-15,19-39H,10-12,16-18H2. The third-order valence-electron chi connectivity index (χ3n) is 13.6. The van der Waals surface area contributed by atoms with Gasteiger partial charge >= 0.3 is 0 Å². The van der Waals surface area contributed by atoms with Crippen LogP contribution in [0.1, 0.15) is 33.4 Å². The molecule has 0 atom stereocenters. The third kappa shape index (κ3) is 6.68. The molecule has 0 aromatic heterocycles. The smallest absolute Gasteiger partial charge is 0.0462 e. The van der Waals surface area contributed by atoms with Crippen LogP contribution in [-0.4, -0.2) is 0 Å². The highest BCUT2D eigenvalue weighted by molar-refractivity contribution is 5.83. The van der Waals surface area contributed by atoms with Crippen LogP contribution in [0.25, 0.3) is 66.8 Å². The second kappa shape index (κ2) is 14.8. The molecule has 9 aromatic carbocycles. The van der Waals surface area contributed by atoms with Gasteiger partial charge in [-0.25, -0.2) is 0 Å². The van der Waals surface area contributed by atoms with Crippen molar-refractivity contribution in [3.05, 3.63) is 234 Å². The van der Waals surface area contributed by atoms with Crippen LogP contribution in [0, 0.1) is 0 Å². The zero-order valence-corrected chi connectivity index (χ0v) is 34.2. The van der Waals surface area contributed by atoms with Crippen molar-refractivity contribution in [1.29, 1.82) is 0 Å². The van der Waals surface area contributed by atoms with Crippen molar-refractivity contribution < 1.29 is 0 Å². The highest BCUT2D eigenvalue weighted by Gasteiger charge is 2.18. The number of hydrogen-bond acceptors (Lipinski definition) is 1. The fourth-order valence-electron chi connectivity index (χ4n) is 9.62. The lowest BCUT2D eigenvalue weighted by Crippen LogP contribution is -2.09. The summed E-state index contributed by atoms with van der Waals surface area (Å²) in [7, 11) is 0. The van der Waals surface area contributed by atoms with E-state index in [1.165, 1.54) is 139 Å². The van der Waals surface area contributed by atoms with E-state index in [4.69, 9.17) is 0 Å². The molecule has 0 heterocycles. The van der Waals surface area contributed by atoms with Gasteiger partial charge in [-0.15, -0.1) is 0 Å². The lowest BCUT2D eigenvalue weighted by Gasteiger charge is -2.26. The Hall–Kier alpha value is -7.22. The topological polar surface area (TPSA) is 3.24 Å². The van der Waals surface area contributed by atoms with E-state index in [-0.39, 0.29) is 0 Å². The largest absolute Gasteiger partial charge is 0.311 e. The van der Waals surface area contributed by atoms with Gasteiger partial charge < -0.3 is 4.90 Å². The molecule has 9 aromatic rings. The Balaban J connectivity index is 0.873. The Bertz CT molecular complexity index is 2780. The zero-order chi connectivity index (χ0) is 40.3. The maximum atomic E-state index is 2.38. The Labute approximate surface area is 359 Å².